The standard InChI is InChI=1S/C9H7Cl2N3OS/c1-14-7(5(10)2-13-14)4-3-16-8(6(4)11)9(12)15/h2-3H,1H3,(H2,12,15). The Morgan fingerprint density at radius 2 is 2.25 bits per heavy atom. The number of aryl methyl sites for hydroxylation is 1. The van der Waals surface area contributed by atoms with E-state index in [-0.39, 0.29) is 0 Å². The molecule has 7 heteroatoms. The van der Waals surface area contributed by atoms with E-state index in [0.717, 1.165) is 0 Å². The predicted molar refractivity (Wildman–Crippen MR) is 65.1 cm³/mol. The van der Waals surface area contributed by atoms with Crippen molar-refractivity contribution in [3.63, 3.8) is 0 Å². The van der Waals surface area contributed by atoms with Crippen molar-refractivity contribution in [2.45, 2.75) is 0 Å². The second-order valence-corrected chi connectivity index (χ2v) is 4.79. The number of hydrogen-bond donors (Lipinski definition) is 1. The summed E-state index contributed by atoms with van der Waals surface area (Å²) in [6, 6.07) is 0. The third kappa shape index (κ3) is 1.71. The van der Waals surface area contributed by atoms with Crippen LogP contribution in [-0.4, -0.2) is 15.7 Å². The highest BCUT2D eigenvalue weighted by Gasteiger charge is 2.19. The molecule has 0 aliphatic rings. The molecule has 0 aromatic carbocycles. The molecule has 2 rings (SSSR count). The number of thiophene rings is 1. The molecule has 16 heavy (non-hydrogen) atoms. The number of aromatic nitrogens is 2. The van der Waals surface area contributed by atoms with Crippen molar-refractivity contribution in [2.24, 2.45) is 12.8 Å². The third-order valence-electron chi connectivity index (χ3n) is 2.10. The first-order chi connectivity index (χ1) is 7.52. The molecule has 0 aliphatic carbocycles. The zero-order chi connectivity index (χ0) is 11.9. The van der Waals surface area contributed by atoms with Gasteiger partial charge < -0.3 is 5.73 Å². The molecule has 1 amide bonds. The second-order valence-electron chi connectivity index (χ2n) is 3.12. The normalized spacial score (nSPS) is 10.7. The highest BCUT2D eigenvalue weighted by Crippen LogP contribution is 2.38. The minimum absolute atomic E-state index is 0.322. The van der Waals surface area contributed by atoms with Gasteiger partial charge in [0.1, 0.15) is 4.88 Å². The van der Waals surface area contributed by atoms with Gasteiger partial charge in [-0.1, -0.05) is 23.2 Å². The van der Waals surface area contributed by atoms with Gasteiger partial charge in [-0.2, -0.15) is 5.10 Å². The van der Waals surface area contributed by atoms with E-state index < -0.39 is 5.91 Å². The number of rotatable bonds is 2. The number of nitrogens with zero attached hydrogens (tertiary/aromatic N) is 2. The first-order valence-electron chi connectivity index (χ1n) is 4.27. The zero-order valence-corrected chi connectivity index (χ0v) is 10.5. The SMILES string of the molecule is Cn1ncc(Cl)c1-c1csc(C(N)=O)c1Cl. The molecule has 2 heterocycles. The summed E-state index contributed by atoms with van der Waals surface area (Å²) >= 11 is 13.2. The van der Waals surface area contributed by atoms with Gasteiger partial charge in [0.15, 0.2) is 0 Å². The minimum atomic E-state index is -0.542. The van der Waals surface area contributed by atoms with Crippen LogP contribution >= 0.6 is 34.5 Å². The highest BCUT2D eigenvalue weighted by molar-refractivity contribution is 7.13. The van der Waals surface area contributed by atoms with Gasteiger partial charge in [0.2, 0.25) is 0 Å². The van der Waals surface area contributed by atoms with Crippen LogP contribution in [0.5, 0.6) is 0 Å². The first kappa shape index (κ1) is 11.4. The monoisotopic (exact) mass is 275 g/mol. The summed E-state index contributed by atoms with van der Waals surface area (Å²) in [4.78, 5) is 11.4. The Balaban J connectivity index is 2.62. The Morgan fingerprint density at radius 3 is 2.69 bits per heavy atom. The summed E-state index contributed by atoms with van der Waals surface area (Å²) in [5.74, 6) is -0.542. The van der Waals surface area contributed by atoms with Gasteiger partial charge in [-0.25, -0.2) is 0 Å². The van der Waals surface area contributed by atoms with Crippen LogP contribution in [0.15, 0.2) is 11.6 Å². The minimum Gasteiger partial charge on any atom is -0.365 e. The van der Waals surface area contributed by atoms with Crippen LogP contribution in [-0.2, 0) is 7.05 Å². The number of amides is 1. The number of primary amides is 1. The third-order valence-corrected chi connectivity index (χ3v) is 3.88. The lowest BCUT2D eigenvalue weighted by atomic mass is 10.2. The summed E-state index contributed by atoms with van der Waals surface area (Å²) in [5.41, 5.74) is 6.54. The molecule has 0 spiro atoms. The lowest BCUT2D eigenvalue weighted by Gasteiger charge is -2.01. The number of carbonyl (C=O) groups excluding carboxylic acids is 1. The summed E-state index contributed by atoms with van der Waals surface area (Å²) in [6.45, 7) is 0. The number of hydrogen-bond acceptors (Lipinski definition) is 3. The molecule has 2 aromatic heterocycles. The summed E-state index contributed by atoms with van der Waals surface area (Å²) in [5, 5.41) is 6.55. The van der Waals surface area contributed by atoms with Crippen molar-refractivity contribution in [2.75, 3.05) is 0 Å². The highest BCUT2D eigenvalue weighted by atomic mass is 35.5. The molecule has 0 saturated heterocycles. The predicted octanol–water partition coefficient (Wildman–Crippen LogP) is 2.55. The smallest absolute Gasteiger partial charge is 0.260 e. The van der Waals surface area contributed by atoms with E-state index in [4.69, 9.17) is 28.9 Å². The van der Waals surface area contributed by atoms with Gasteiger partial charge in [0.05, 0.1) is 21.9 Å². The van der Waals surface area contributed by atoms with Gasteiger partial charge in [-0.15, -0.1) is 11.3 Å². The molecule has 0 saturated carbocycles. The molecule has 0 atom stereocenters. The van der Waals surface area contributed by atoms with E-state index in [9.17, 15) is 4.79 Å². The van der Waals surface area contributed by atoms with Crippen molar-refractivity contribution in [3.8, 4) is 11.3 Å². The van der Waals surface area contributed by atoms with Crippen molar-refractivity contribution in [3.05, 3.63) is 26.5 Å². The fourth-order valence-corrected chi connectivity index (χ4v) is 2.88. The van der Waals surface area contributed by atoms with E-state index in [1.807, 2.05) is 0 Å². The maximum atomic E-state index is 11.1. The van der Waals surface area contributed by atoms with Gasteiger partial charge in [-0.3, -0.25) is 9.48 Å². The molecular formula is C9H7Cl2N3OS. The molecule has 0 bridgehead atoms. The Labute approximate surface area is 106 Å². The van der Waals surface area contributed by atoms with E-state index in [1.54, 1.807) is 17.1 Å². The lowest BCUT2D eigenvalue weighted by Crippen LogP contribution is -2.09. The molecule has 4 nitrogen and oxygen atoms in total. The number of carbonyl (C=O) groups is 1. The van der Waals surface area contributed by atoms with E-state index in [0.29, 0.717) is 26.2 Å². The molecule has 0 fully saturated rings. The van der Waals surface area contributed by atoms with Gasteiger partial charge in [-0.05, 0) is 0 Å². The van der Waals surface area contributed by atoms with Crippen LogP contribution in [0.1, 0.15) is 9.67 Å². The van der Waals surface area contributed by atoms with Crippen molar-refractivity contribution < 1.29 is 4.79 Å². The number of nitrogens with two attached hydrogens (primary N) is 1. The molecule has 0 radical (unpaired) electrons. The summed E-state index contributed by atoms with van der Waals surface area (Å²) in [6.07, 6.45) is 1.52. The molecule has 2 N–H and O–H groups in total. The fraction of sp³-hybridized carbons (Fsp3) is 0.111. The lowest BCUT2D eigenvalue weighted by molar-refractivity contribution is 0.100. The largest absolute Gasteiger partial charge is 0.365 e. The van der Waals surface area contributed by atoms with E-state index >= 15 is 0 Å². The quantitative estimate of drug-likeness (QED) is 0.916. The van der Waals surface area contributed by atoms with E-state index in [1.165, 1.54) is 17.5 Å². The van der Waals surface area contributed by atoms with Gasteiger partial charge in [0.25, 0.3) is 5.91 Å². The molecular weight excluding hydrogens is 269 g/mol. The first-order valence-corrected chi connectivity index (χ1v) is 5.90. The van der Waals surface area contributed by atoms with Crippen LogP contribution < -0.4 is 5.73 Å². The zero-order valence-electron chi connectivity index (χ0n) is 8.20. The van der Waals surface area contributed by atoms with Crippen LogP contribution in [0.3, 0.4) is 0 Å². The maximum Gasteiger partial charge on any atom is 0.260 e. The second kappa shape index (κ2) is 4.08. The van der Waals surface area contributed by atoms with Crippen LogP contribution in [0.2, 0.25) is 10.0 Å². The fourth-order valence-electron chi connectivity index (χ4n) is 1.38. The Morgan fingerprint density at radius 1 is 1.56 bits per heavy atom. The van der Waals surface area contributed by atoms with Crippen LogP contribution in [0, 0.1) is 0 Å². The Bertz CT molecular complexity index is 542. The average molecular weight is 276 g/mol. The Hall–Kier alpha value is -1.04. The van der Waals surface area contributed by atoms with Crippen LogP contribution in [0.4, 0.5) is 0 Å². The average Bonchev–Trinajstić information content (AvgIpc) is 2.71. The van der Waals surface area contributed by atoms with Gasteiger partial charge in [0, 0.05) is 18.0 Å². The summed E-state index contributed by atoms with van der Waals surface area (Å²) in [7, 11) is 1.75. The molecule has 84 valence electrons. The topological polar surface area (TPSA) is 60.9 Å². The molecule has 2 aromatic rings. The van der Waals surface area contributed by atoms with Crippen LogP contribution in [0.25, 0.3) is 11.3 Å². The van der Waals surface area contributed by atoms with Gasteiger partial charge >= 0.3 is 0 Å². The molecule has 0 unspecified atom stereocenters. The maximum absolute atomic E-state index is 11.1. The summed E-state index contributed by atoms with van der Waals surface area (Å²) < 4.78 is 1.60. The number of halogens is 2. The van der Waals surface area contributed by atoms with E-state index in [2.05, 4.69) is 5.10 Å². The Kier molecular flexibility index (Phi) is 2.92. The van der Waals surface area contributed by atoms with Crippen molar-refractivity contribution in [1.29, 1.82) is 0 Å². The van der Waals surface area contributed by atoms with Crippen molar-refractivity contribution in [1.82, 2.24) is 9.78 Å². The molecule has 0 aliphatic heterocycles. The van der Waals surface area contributed by atoms with Crippen molar-refractivity contribution >= 4 is 40.4 Å².